The van der Waals surface area contributed by atoms with E-state index in [1.54, 1.807) is 0 Å². The van der Waals surface area contributed by atoms with Crippen LogP contribution in [0.3, 0.4) is 0 Å². The molecule has 0 spiro atoms. The van der Waals surface area contributed by atoms with Gasteiger partial charge in [0.2, 0.25) is 0 Å². The van der Waals surface area contributed by atoms with E-state index in [2.05, 4.69) is 155 Å². The molecule has 0 aliphatic heterocycles. The first-order valence-electron chi connectivity index (χ1n) is 15.4. The van der Waals surface area contributed by atoms with Crippen LogP contribution in [0.1, 0.15) is 0 Å². The number of fused-ring (bicyclic) bond motifs is 9. The zero-order valence-electron chi connectivity index (χ0n) is 24.3. The van der Waals surface area contributed by atoms with Gasteiger partial charge in [-0.3, -0.25) is 0 Å². The van der Waals surface area contributed by atoms with Crippen molar-refractivity contribution in [2.45, 2.75) is 0 Å². The van der Waals surface area contributed by atoms with E-state index in [0.717, 1.165) is 44.4 Å². The van der Waals surface area contributed by atoms with Crippen molar-refractivity contribution in [1.29, 1.82) is 0 Å². The quantitative estimate of drug-likeness (QED) is 0.206. The second-order valence-electron chi connectivity index (χ2n) is 11.8. The summed E-state index contributed by atoms with van der Waals surface area (Å²) >= 11 is 0. The fourth-order valence-electron chi connectivity index (χ4n) is 7.35. The van der Waals surface area contributed by atoms with Gasteiger partial charge in [0.1, 0.15) is 11.2 Å². The molecule has 0 unspecified atom stereocenters. The van der Waals surface area contributed by atoms with Crippen LogP contribution in [0.15, 0.2) is 162 Å². The molecule has 0 aliphatic carbocycles. The molecule has 3 aromatic heterocycles. The van der Waals surface area contributed by atoms with E-state index < -0.39 is 0 Å². The summed E-state index contributed by atoms with van der Waals surface area (Å²) in [6.45, 7) is 0. The Labute approximate surface area is 258 Å². The van der Waals surface area contributed by atoms with E-state index in [9.17, 15) is 0 Å². The van der Waals surface area contributed by atoms with Crippen LogP contribution in [0.4, 0.5) is 0 Å². The Balaban J connectivity index is 1.27. The average Bonchev–Trinajstić information content (AvgIpc) is 3.75. The number of nitrogens with zero attached hydrogens (tertiary/aromatic N) is 2. The highest BCUT2D eigenvalue weighted by molar-refractivity contribution is 6.19. The molecular formula is C42H26N2O. The predicted molar refractivity (Wildman–Crippen MR) is 188 cm³/mol. The predicted octanol–water partition coefficient (Wildman–Crippen LogP) is 11.4. The molecule has 0 atom stereocenters. The van der Waals surface area contributed by atoms with Gasteiger partial charge in [-0.2, -0.15) is 0 Å². The van der Waals surface area contributed by atoms with Crippen molar-refractivity contribution in [2.75, 3.05) is 0 Å². The summed E-state index contributed by atoms with van der Waals surface area (Å²) in [7, 11) is 0. The van der Waals surface area contributed by atoms with Crippen molar-refractivity contribution in [3.05, 3.63) is 158 Å². The summed E-state index contributed by atoms with van der Waals surface area (Å²) in [6, 6.07) is 56.5. The van der Waals surface area contributed by atoms with Crippen LogP contribution in [-0.2, 0) is 0 Å². The number of aromatic nitrogens is 2. The minimum Gasteiger partial charge on any atom is -0.455 e. The Morgan fingerprint density at radius 2 is 0.933 bits per heavy atom. The van der Waals surface area contributed by atoms with Gasteiger partial charge < -0.3 is 13.6 Å². The molecule has 10 aromatic rings. The lowest BCUT2D eigenvalue weighted by Gasteiger charge is -2.12. The Hall–Kier alpha value is -6.06. The normalized spacial score (nSPS) is 12.0. The van der Waals surface area contributed by atoms with Gasteiger partial charge in [-0.15, -0.1) is 0 Å². The maximum absolute atomic E-state index is 6.43. The second kappa shape index (κ2) is 9.22. The molecule has 0 N–H and O–H groups in total. The van der Waals surface area contributed by atoms with Gasteiger partial charge in [-0.25, -0.2) is 0 Å². The molecule has 3 heteroatoms. The van der Waals surface area contributed by atoms with E-state index >= 15 is 0 Å². The molecule has 0 aliphatic rings. The summed E-state index contributed by atoms with van der Waals surface area (Å²) in [5.41, 5.74) is 11.1. The van der Waals surface area contributed by atoms with Gasteiger partial charge in [-0.05, 0) is 60.2 Å². The number of hydrogen-bond acceptors (Lipinski definition) is 1. The molecule has 10 rings (SSSR count). The zero-order chi connectivity index (χ0) is 29.5. The van der Waals surface area contributed by atoms with Gasteiger partial charge in [0.15, 0.2) is 0 Å². The summed E-state index contributed by atoms with van der Waals surface area (Å²) in [5.74, 6) is 0. The van der Waals surface area contributed by atoms with E-state index in [0.29, 0.717) is 0 Å². The third-order valence-electron chi connectivity index (χ3n) is 9.30. The lowest BCUT2D eigenvalue weighted by Crippen LogP contribution is -1.96. The first-order chi connectivity index (χ1) is 22.3. The van der Waals surface area contributed by atoms with E-state index in [-0.39, 0.29) is 0 Å². The summed E-state index contributed by atoms with van der Waals surface area (Å²) < 4.78 is 11.2. The zero-order valence-corrected chi connectivity index (χ0v) is 24.3. The third-order valence-corrected chi connectivity index (χ3v) is 9.30. The molecule has 0 saturated carbocycles. The number of para-hydroxylation sites is 5. The van der Waals surface area contributed by atoms with Crippen molar-refractivity contribution in [3.8, 4) is 22.5 Å². The molecule has 45 heavy (non-hydrogen) atoms. The van der Waals surface area contributed by atoms with Gasteiger partial charge >= 0.3 is 0 Å². The summed E-state index contributed by atoms with van der Waals surface area (Å²) in [4.78, 5) is 0. The Morgan fingerprint density at radius 3 is 1.69 bits per heavy atom. The number of rotatable bonds is 3. The van der Waals surface area contributed by atoms with Crippen molar-refractivity contribution in [3.63, 3.8) is 0 Å². The van der Waals surface area contributed by atoms with E-state index in [1.165, 1.54) is 43.6 Å². The molecule has 0 bridgehead atoms. The van der Waals surface area contributed by atoms with Gasteiger partial charge in [0.05, 0.1) is 22.1 Å². The minimum atomic E-state index is 0.913. The molecule has 0 amide bonds. The molecule has 3 heterocycles. The van der Waals surface area contributed by atoms with Crippen LogP contribution in [0, 0.1) is 0 Å². The topological polar surface area (TPSA) is 23.0 Å². The van der Waals surface area contributed by atoms with Crippen LogP contribution >= 0.6 is 0 Å². The van der Waals surface area contributed by atoms with E-state index in [1.807, 2.05) is 12.1 Å². The number of hydrogen-bond donors (Lipinski definition) is 0. The van der Waals surface area contributed by atoms with Crippen LogP contribution in [0.5, 0.6) is 0 Å². The third kappa shape index (κ3) is 3.46. The Kier molecular flexibility index (Phi) is 5.00. The SMILES string of the molecule is c1ccc(-n2c3ccccc3c3cc4c5ccccc5n(-c5cccc(-c6cccc7c6oc6ccccc67)c5)c4cc32)cc1. The largest absolute Gasteiger partial charge is 0.455 e. The fraction of sp³-hybridized carbons (Fsp3) is 0. The van der Waals surface area contributed by atoms with Crippen molar-refractivity contribution in [1.82, 2.24) is 9.13 Å². The molecule has 3 nitrogen and oxygen atoms in total. The Morgan fingerprint density at radius 1 is 0.356 bits per heavy atom. The summed E-state index contributed by atoms with van der Waals surface area (Å²) in [5, 5.41) is 7.30. The monoisotopic (exact) mass is 574 g/mol. The average molecular weight is 575 g/mol. The first-order valence-corrected chi connectivity index (χ1v) is 15.4. The van der Waals surface area contributed by atoms with Gasteiger partial charge in [-0.1, -0.05) is 103 Å². The van der Waals surface area contributed by atoms with Crippen LogP contribution < -0.4 is 0 Å². The van der Waals surface area contributed by atoms with E-state index in [4.69, 9.17) is 4.42 Å². The smallest absolute Gasteiger partial charge is 0.143 e. The molecule has 0 saturated heterocycles. The van der Waals surface area contributed by atoms with Gasteiger partial charge in [0, 0.05) is 49.3 Å². The molecule has 0 radical (unpaired) electrons. The second-order valence-corrected chi connectivity index (χ2v) is 11.8. The minimum absolute atomic E-state index is 0.913. The van der Waals surface area contributed by atoms with Crippen LogP contribution in [0.2, 0.25) is 0 Å². The maximum Gasteiger partial charge on any atom is 0.143 e. The van der Waals surface area contributed by atoms with Crippen molar-refractivity contribution >= 4 is 65.6 Å². The Bertz CT molecular complexity index is 2760. The molecular weight excluding hydrogens is 548 g/mol. The highest BCUT2D eigenvalue weighted by Crippen LogP contribution is 2.41. The highest BCUT2D eigenvalue weighted by Gasteiger charge is 2.19. The maximum atomic E-state index is 6.43. The van der Waals surface area contributed by atoms with Crippen LogP contribution in [0.25, 0.3) is 88.1 Å². The highest BCUT2D eigenvalue weighted by atomic mass is 16.3. The van der Waals surface area contributed by atoms with Crippen LogP contribution in [-0.4, -0.2) is 9.13 Å². The molecule has 0 fully saturated rings. The van der Waals surface area contributed by atoms with Gasteiger partial charge in [0.25, 0.3) is 0 Å². The molecule has 7 aromatic carbocycles. The fourth-order valence-corrected chi connectivity index (χ4v) is 7.35. The standard InChI is InChI=1S/C42H26N2O/c1-2-13-28(14-3-1)43-37-21-7-4-16-31(37)35-25-36-32-17-5-8-22-38(32)44(40(36)26-39(35)43)29-15-10-12-27(24-29)30-19-11-20-34-33-18-6-9-23-41(33)45-42(30)34/h1-26H. The van der Waals surface area contributed by atoms with Crippen molar-refractivity contribution < 1.29 is 4.42 Å². The lowest BCUT2D eigenvalue weighted by molar-refractivity contribution is 0.670. The first kappa shape index (κ1) is 24.4. The number of furan rings is 1. The number of benzene rings is 7. The summed E-state index contributed by atoms with van der Waals surface area (Å²) in [6.07, 6.45) is 0. The van der Waals surface area contributed by atoms with Crippen molar-refractivity contribution in [2.24, 2.45) is 0 Å². The lowest BCUT2D eigenvalue weighted by atomic mass is 10.0. The molecule has 210 valence electrons.